The zero-order valence-corrected chi connectivity index (χ0v) is 13.6. The summed E-state index contributed by atoms with van der Waals surface area (Å²) in [5.74, 6) is 0.756. The van der Waals surface area contributed by atoms with Crippen LogP contribution in [0.1, 0.15) is 54.4 Å². The Kier molecular flexibility index (Phi) is 7.92. The summed E-state index contributed by atoms with van der Waals surface area (Å²) in [6.07, 6.45) is 2.53. The van der Waals surface area contributed by atoms with Gasteiger partial charge in [0.25, 0.3) is 0 Å². The average molecular weight is 292 g/mol. The van der Waals surface area contributed by atoms with Crippen LogP contribution in [-0.4, -0.2) is 29.4 Å². The zero-order chi connectivity index (χ0) is 12.8. The summed E-state index contributed by atoms with van der Waals surface area (Å²) in [6.45, 7) is 16.4. The van der Waals surface area contributed by atoms with Crippen LogP contribution in [-0.2, 0) is 0 Å². The second kappa shape index (κ2) is 7.71. The summed E-state index contributed by atoms with van der Waals surface area (Å²) in [4.78, 5) is 2.69. The normalized spacial score (nSPS) is 13.1. The molecule has 0 amide bonds. The molecule has 0 unspecified atom stereocenters. The van der Waals surface area contributed by atoms with Crippen LogP contribution in [0.2, 0.25) is 0 Å². The molecule has 2 heteroatoms. The molecule has 0 saturated heterocycles. The molecule has 0 bridgehead atoms. The largest absolute Gasteiger partial charge is 0.300 e. The summed E-state index contributed by atoms with van der Waals surface area (Å²) in [5.41, 5.74) is 0.373. The third kappa shape index (κ3) is 6.24. The summed E-state index contributed by atoms with van der Waals surface area (Å²) in [5, 5.41) is 1.08. The Bertz CT molecular complexity index is 174. The Morgan fingerprint density at radius 3 is 1.94 bits per heavy atom. The van der Waals surface area contributed by atoms with E-state index < -0.39 is 0 Å². The molecule has 0 aromatic rings. The molecule has 16 heavy (non-hydrogen) atoms. The minimum atomic E-state index is 0.373. The van der Waals surface area contributed by atoms with Crippen molar-refractivity contribution in [3.05, 3.63) is 0 Å². The molecule has 0 N–H and O–H groups in total. The van der Waals surface area contributed by atoms with Gasteiger partial charge in [0.1, 0.15) is 0 Å². The summed E-state index contributed by atoms with van der Waals surface area (Å²) < 4.78 is 0. The van der Waals surface area contributed by atoms with Gasteiger partial charge in [-0.05, 0) is 24.2 Å². The molecular weight excluding hydrogens is 262 g/mol. The van der Waals surface area contributed by atoms with Crippen LogP contribution in [0, 0.1) is 11.3 Å². The van der Waals surface area contributed by atoms with Gasteiger partial charge in [0.15, 0.2) is 0 Å². The molecule has 1 nitrogen and oxygen atoms in total. The average Bonchev–Trinajstić information content (AvgIpc) is 2.18. The lowest BCUT2D eigenvalue weighted by atomic mass is 9.93. The van der Waals surface area contributed by atoms with Crippen LogP contribution < -0.4 is 0 Å². The van der Waals surface area contributed by atoms with E-state index >= 15 is 0 Å². The van der Waals surface area contributed by atoms with Crippen LogP contribution in [0.15, 0.2) is 0 Å². The number of rotatable bonds is 8. The third-order valence-electron chi connectivity index (χ3n) is 3.05. The molecule has 0 rings (SSSR count). The van der Waals surface area contributed by atoms with Gasteiger partial charge in [-0.3, -0.25) is 4.90 Å². The first-order chi connectivity index (χ1) is 7.36. The first-order valence-electron chi connectivity index (χ1n) is 6.66. The highest BCUT2D eigenvalue weighted by Gasteiger charge is 2.24. The van der Waals surface area contributed by atoms with Gasteiger partial charge < -0.3 is 0 Å². The molecule has 0 aromatic heterocycles. The fraction of sp³-hybridized carbons (Fsp3) is 1.00. The lowest BCUT2D eigenvalue weighted by Gasteiger charge is -2.37. The smallest absolute Gasteiger partial charge is 0.00949 e. The van der Waals surface area contributed by atoms with Gasteiger partial charge in [-0.2, -0.15) is 0 Å². The van der Waals surface area contributed by atoms with Crippen molar-refractivity contribution < 1.29 is 0 Å². The molecule has 0 saturated carbocycles. The highest BCUT2D eigenvalue weighted by atomic mass is 79.9. The number of hydrogen-bond donors (Lipinski definition) is 0. The van der Waals surface area contributed by atoms with E-state index in [4.69, 9.17) is 0 Å². The van der Waals surface area contributed by atoms with Crippen molar-refractivity contribution in [1.82, 2.24) is 4.90 Å². The van der Waals surface area contributed by atoms with Gasteiger partial charge in [0, 0.05) is 24.5 Å². The minimum Gasteiger partial charge on any atom is -0.300 e. The monoisotopic (exact) mass is 291 g/mol. The summed E-state index contributed by atoms with van der Waals surface area (Å²) in [6, 6.07) is 0.751. The number of halogens is 1. The Balaban J connectivity index is 4.53. The number of nitrogens with zero attached hydrogens (tertiary/aromatic N) is 1. The second-order valence-corrected chi connectivity index (χ2v) is 6.65. The van der Waals surface area contributed by atoms with Crippen molar-refractivity contribution in [2.45, 2.75) is 60.4 Å². The quantitative estimate of drug-likeness (QED) is 0.593. The predicted octanol–water partition coefficient (Wildman–Crippen LogP) is 4.55. The maximum Gasteiger partial charge on any atom is 0.00949 e. The standard InChI is InChI=1S/C14H30BrN/c1-7-13(8-2)16(9-12(3)4)11-14(5,6)10-15/h12-13H,7-11H2,1-6H3. The molecule has 0 atom stereocenters. The lowest BCUT2D eigenvalue weighted by Crippen LogP contribution is -2.43. The molecule has 0 aliphatic heterocycles. The summed E-state index contributed by atoms with van der Waals surface area (Å²) >= 11 is 3.63. The van der Waals surface area contributed by atoms with E-state index in [1.807, 2.05) is 0 Å². The van der Waals surface area contributed by atoms with Crippen LogP contribution in [0.4, 0.5) is 0 Å². The highest BCUT2D eigenvalue weighted by molar-refractivity contribution is 9.09. The Morgan fingerprint density at radius 1 is 1.12 bits per heavy atom. The maximum absolute atomic E-state index is 3.63. The Hall–Kier alpha value is 0.440. The van der Waals surface area contributed by atoms with Crippen molar-refractivity contribution in [3.63, 3.8) is 0 Å². The molecular formula is C14H30BrN. The van der Waals surface area contributed by atoms with Gasteiger partial charge in [-0.25, -0.2) is 0 Å². The fourth-order valence-corrected chi connectivity index (χ4v) is 2.39. The van der Waals surface area contributed by atoms with Crippen molar-refractivity contribution in [3.8, 4) is 0 Å². The molecule has 0 aliphatic rings. The zero-order valence-electron chi connectivity index (χ0n) is 12.0. The SMILES string of the molecule is CCC(CC)N(CC(C)C)CC(C)(C)CBr. The van der Waals surface area contributed by atoms with Crippen LogP contribution >= 0.6 is 15.9 Å². The first-order valence-corrected chi connectivity index (χ1v) is 7.78. The molecule has 0 heterocycles. The van der Waals surface area contributed by atoms with E-state index in [1.54, 1.807) is 0 Å². The van der Waals surface area contributed by atoms with Crippen molar-refractivity contribution in [1.29, 1.82) is 0 Å². The highest BCUT2D eigenvalue weighted by Crippen LogP contribution is 2.23. The van der Waals surface area contributed by atoms with E-state index in [9.17, 15) is 0 Å². The molecule has 0 aromatic carbocycles. The van der Waals surface area contributed by atoms with Gasteiger partial charge in [0.2, 0.25) is 0 Å². The van der Waals surface area contributed by atoms with Gasteiger partial charge >= 0.3 is 0 Å². The third-order valence-corrected chi connectivity index (χ3v) is 4.57. The van der Waals surface area contributed by atoms with Gasteiger partial charge in [-0.1, -0.05) is 57.5 Å². The van der Waals surface area contributed by atoms with Crippen LogP contribution in [0.3, 0.4) is 0 Å². The molecule has 98 valence electrons. The van der Waals surface area contributed by atoms with Gasteiger partial charge in [0.05, 0.1) is 0 Å². The van der Waals surface area contributed by atoms with E-state index in [0.717, 1.165) is 17.3 Å². The van der Waals surface area contributed by atoms with E-state index in [0.29, 0.717) is 5.41 Å². The Labute approximate surface area is 111 Å². The molecule has 0 aliphatic carbocycles. The maximum atomic E-state index is 3.63. The van der Waals surface area contributed by atoms with Crippen LogP contribution in [0.25, 0.3) is 0 Å². The molecule has 0 radical (unpaired) electrons. The van der Waals surface area contributed by atoms with Crippen molar-refractivity contribution >= 4 is 15.9 Å². The lowest BCUT2D eigenvalue weighted by molar-refractivity contribution is 0.119. The topological polar surface area (TPSA) is 3.24 Å². The molecule has 0 spiro atoms. The number of alkyl halides is 1. The number of hydrogen-bond acceptors (Lipinski definition) is 1. The fourth-order valence-electron chi connectivity index (χ4n) is 2.21. The first kappa shape index (κ1) is 16.4. The van der Waals surface area contributed by atoms with Crippen LogP contribution in [0.5, 0.6) is 0 Å². The van der Waals surface area contributed by atoms with E-state index in [-0.39, 0.29) is 0 Å². The second-order valence-electron chi connectivity index (χ2n) is 6.09. The van der Waals surface area contributed by atoms with Crippen molar-refractivity contribution in [2.75, 3.05) is 18.4 Å². The van der Waals surface area contributed by atoms with Gasteiger partial charge in [-0.15, -0.1) is 0 Å². The predicted molar refractivity (Wildman–Crippen MR) is 78.4 cm³/mol. The molecule has 0 fully saturated rings. The minimum absolute atomic E-state index is 0.373. The summed E-state index contributed by atoms with van der Waals surface area (Å²) in [7, 11) is 0. The Morgan fingerprint density at radius 2 is 1.62 bits per heavy atom. The van der Waals surface area contributed by atoms with Crippen molar-refractivity contribution in [2.24, 2.45) is 11.3 Å². The van der Waals surface area contributed by atoms with E-state index in [2.05, 4.69) is 62.4 Å². The van der Waals surface area contributed by atoms with E-state index in [1.165, 1.54) is 25.9 Å².